The number of nitrogens with one attached hydrogen (secondary N) is 1. The molecular formula is C23H30BrN3O4S. The summed E-state index contributed by atoms with van der Waals surface area (Å²) in [6.45, 7) is 4.08. The number of amides is 2. The Bertz CT molecular complexity index is 1020. The highest BCUT2D eigenvalue weighted by atomic mass is 79.9. The number of hydrogen-bond acceptors (Lipinski definition) is 4. The van der Waals surface area contributed by atoms with Crippen molar-refractivity contribution < 1.29 is 18.0 Å². The van der Waals surface area contributed by atoms with Gasteiger partial charge in [0.15, 0.2) is 0 Å². The molecule has 2 aromatic rings. The molecule has 0 saturated heterocycles. The van der Waals surface area contributed by atoms with E-state index in [4.69, 9.17) is 0 Å². The number of likely N-dealkylation sites (N-methyl/N-ethyl adjacent to an activating group) is 1. The Kier molecular flexibility index (Phi) is 9.27. The SMILES string of the molecule is CNC(=O)[C@@H](C)N(Cc1ccc(Br)cc1)C(=O)CCCN(c1ccc(C)cc1)S(C)(=O)=O. The quantitative estimate of drug-likeness (QED) is 0.516. The fourth-order valence-electron chi connectivity index (χ4n) is 3.29. The molecule has 1 N–H and O–H groups in total. The van der Waals surface area contributed by atoms with E-state index in [1.807, 2.05) is 43.3 Å². The molecule has 2 rings (SSSR count). The van der Waals surface area contributed by atoms with E-state index in [0.29, 0.717) is 12.1 Å². The lowest BCUT2D eigenvalue weighted by atomic mass is 10.1. The van der Waals surface area contributed by atoms with Crippen LogP contribution in [0.1, 0.15) is 30.9 Å². The lowest BCUT2D eigenvalue weighted by Crippen LogP contribution is -2.46. The van der Waals surface area contributed by atoms with E-state index in [2.05, 4.69) is 21.2 Å². The van der Waals surface area contributed by atoms with Gasteiger partial charge in [0.05, 0.1) is 11.9 Å². The highest BCUT2D eigenvalue weighted by molar-refractivity contribution is 9.10. The molecule has 7 nitrogen and oxygen atoms in total. The summed E-state index contributed by atoms with van der Waals surface area (Å²) >= 11 is 3.39. The number of nitrogens with zero attached hydrogens (tertiary/aromatic N) is 2. The molecule has 2 amide bonds. The molecule has 9 heteroatoms. The maximum absolute atomic E-state index is 13.1. The van der Waals surface area contributed by atoms with Crippen LogP contribution in [-0.4, -0.2) is 51.0 Å². The number of anilines is 1. The fourth-order valence-corrected chi connectivity index (χ4v) is 4.52. The third-order valence-electron chi connectivity index (χ3n) is 5.15. The van der Waals surface area contributed by atoms with Crippen LogP contribution < -0.4 is 9.62 Å². The van der Waals surface area contributed by atoms with Crippen LogP contribution in [0.25, 0.3) is 0 Å². The van der Waals surface area contributed by atoms with Crippen molar-refractivity contribution in [2.75, 3.05) is 24.2 Å². The average molecular weight is 524 g/mol. The second kappa shape index (κ2) is 11.5. The van der Waals surface area contributed by atoms with Gasteiger partial charge in [0.25, 0.3) is 0 Å². The minimum absolute atomic E-state index is 0.121. The Labute approximate surface area is 199 Å². The monoisotopic (exact) mass is 523 g/mol. The van der Waals surface area contributed by atoms with Crippen LogP contribution in [0, 0.1) is 6.92 Å². The first-order valence-electron chi connectivity index (χ1n) is 10.3. The number of aryl methyl sites for hydroxylation is 1. The van der Waals surface area contributed by atoms with E-state index in [1.165, 1.54) is 16.3 Å². The highest BCUT2D eigenvalue weighted by Crippen LogP contribution is 2.20. The van der Waals surface area contributed by atoms with Crippen molar-refractivity contribution in [3.8, 4) is 0 Å². The minimum atomic E-state index is -3.50. The van der Waals surface area contributed by atoms with Crippen LogP contribution in [0.2, 0.25) is 0 Å². The first-order valence-corrected chi connectivity index (χ1v) is 13.0. The molecule has 0 aliphatic rings. The number of hydrogen-bond donors (Lipinski definition) is 1. The predicted molar refractivity (Wildman–Crippen MR) is 131 cm³/mol. The lowest BCUT2D eigenvalue weighted by molar-refractivity contribution is -0.140. The molecule has 0 aromatic heterocycles. The summed E-state index contributed by atoms with van der Waals surface area (Å²) in [4.78, 5) is 26.8. The summed E-state index contributed by atoms with van der Waals surface area (Å²) < 4.78 is 26.8. The topological polar surface area (TPSA) is 86.8 Å². The lowest BCUT2D eigenvalue weighted by Gasteiger charge is -2.29. The number of halogens is 1. The molecular weight excluding hydrogens is 494 g/mol. The Morgan fingerprint density at radius 2 is 1.66 bits per heavy atom. The molecule has 32 heavy (non-hydrogen) atoms. The van der Waals surface area contributed by atoms with Gasteiger partial charge in [-0.25, -0.2) is 8.42 Å². The molecule has 0 radical (unpaired) electrons. The van der Waals surface area contributed by atoms with E-state index in [1.54, 1.807) is 19.1 Å². The summed E-state index contributed by atoms with van der Waals surface area (Å²) in [5.41, 5.74) is 2.50. The Morgan fingerprint density at radius 3 is 2.19 bits per heavy atom. The maximum Gasteiger partial charge on any atom is 0.242 e. The van der Waals surface area contributed by atoms with Crippen molar-refractivity contribution >= 4 is 43.5 Å². The van der Waals surface area contributed by atoms with E-state index in [-0.39, 0.29) is 31.3 Å². The van der Waals surface area contributed by atoms with Crippen molar-refractivity contribution in [1.29, 1.82) is 0 Å². The van der Waals surface area contributed by atoms with Gasteiger partial charge in [0.1, 0.15) is 6.04 Å². The fraction of sp³-hybridized carbons (Fsp3) is 0.391. The van der Waals surface area contributed by atoms with Crippen LogP contribution in [0.5, 0.6) is 0 Å². The zero-order chi connectivity index (χ0) is 23.9. The second-order valence-electron chi connectivity index (χ2n) is 7.71. The van der Waals surface area contributed by atoms with Crippen LogP contribution >= 0.6 is 15.9 Å². The van der Waals surface area contributed by atoms with Crippen LogP contribution in [0.3, 0.4) is 0 Å². The van der Waals surface area contributed by atoms with Gasteiger partial charge in [-0.2, -0.15) is 0 Å². The maximum atomic E-state index is 13.1. The first kappa shape index (κ1) is 25.9. The molecule has 0 spiro atoms. The minimum Gasteiger partial charge on any atom is -0.357 e. The van der Waals surface area contributed by atoms with Gasteiger partial charge in [-0.05, 0) is 50.1 Å². The third-order valence-corrected chi connectivity index (χ3v) is 6.88. The first-order chi connectivity index (χ1) is 15.0. The van der Waals surface area contributed by atoms with Gasteiger partial charge < -0.3 is 10.2 Å². The van der Waals surface area contributed by atoms with Crippen molar-refractivity contribution in [2.45, 2.75) is 39.3 Å². The van der Waals surface area contributed by atoms with Gasteiger partial charge >= 0.3 is 0 Å². The summed E-state index contributed by atoms with van der Waals surface area (Å²) in [5.74, 6) is -0.464. The summed E-state index contributed by atoms with van der Waals surface area (Å²) in [6, 6.07) is 14.1. The normalized spacial score (nSPS) is 12.2. The van der Waals surface area contributed by atoms with Gasteiger partial charge in [0, 0.05) is 31.0 Å². The molecule has 0 aliphatic carbocycles. The molecule has 1 atom stereocenters. The number of carbonyl (C=O) groups is 2. The van der Waals surface area contributed by atoms with E-state index in [0.717, 1.165) is 21.9 Å². The Balaban J connectivity index is 2.12. The number of sulfonamides is 1. The Hall–Kier alpha value is -2.39. The molecule has 2 aromatic carbocycles. The molecule has 0 fully saturated rings. The zero-order valence-electron chi connectivity index (χ0n) is 18.8. The van der Waals surface area contributed by atoms with Crippen molar-refractivity contribution in [3.63, 3.8) is 0 Å². The second-order valence-corrected chi connectivity index (χ2v) is 10.5. The van der Waals surface area contributed by atoms with Crippen molar-refractivity contribution in [3.05, 3.63) is 64.1 Å². The van der Waals surface area contributed by atoms with Crippen molar-refractivity contribution in [2.24, 2.45) is 0 Å². The molecule has 0 aliphatic heterocycles. The summed E-state index contributed by atoms with van der Waals surface area (Å²) in [5, 5.41) is 2.59. The highest BCUT2D eigenvalue weighted by Gasteiger charge is 2.26. The van der Waals surface area contributed by atoms with Gasteiger partial charge in [0.2, 0.25) is 21.8 Å². The Morgan fingerprint density at radius 1 is 1.06 bits per heavy atom. The van der Waals surface area contributed by atoms with Crippen LogP contribution in [0.15, 0.2) is 53.0 Å². The number of carbonyl (C=O) groups excluding carboxylic acids is 2. The van der Waals surface area contributed by atoms with Gasteiger partial charge in [-0.3, -0.25) is 13.9 Å². The van der Waals surface area contributed by atoms with E-state index in [9.17, 15) is 18.0 Å². The molecule has 0 unspecified atom stereocenters. The molecule has 0 saturated carbocycles. The van der Waals surface area contributed by atoms with E-state index < -0.39 is 16.1 Å². The molecule has 0 heterocycles. The zero-order valence-corrected chi connectivity index (χ0v) is 21.2. The van der Waals surface area contributed by atoms with Gasteiger partial charge in [-0.1, -0.05) is 45.8 Å². The van der Waals surface area contributed by atoms with Crippen LogP contribution in [0.4, 0.5) is 5.69 Å². The smallest absolute Gasteiger partial charge is 0.242 e. The predicted octanol–water partition coefficient (Wildman–Crippen LogP) is 3.47. The largest absolute Gasteiger partial charge is 0.357 e. The molecule has 174 valence electrons. The van der Waals surface area contributed by atoms with Crippen LogP contribution in [-0.2, 0) is 26.2 Å². The third kappa shape index (κ3) is 7.34. The number of rotatable bonds is 10. The number of benzene rings is 2. The van der Waals surface area contributed by atoms with Crippen molar-refractivity contribution in [1.82, 2.24) is 10.2 Å². The molecule has 0 bridgehead atoms. The summed E-state index contributed by atoms with van der Waals surface area (Å²) in [6.07, 6.45) is 1.61. The summed E-state index contributed by atoms with van der Waals surface area (Å²) in [7, 11) is -1.96. The standard InChI is InChI=1S/C23H30BrN3O4S/c1-17-7-13-21(14-8-17)27(32(4,30)31)15-5-6-22(28)26(18(2)23(29)25-3)16-19-9-11-20(24)12-10-19/h7-14,18H,5-6,15-16H2,1-4H3,(H,25,29)/t18-/m1/s1. The van der Waals surface area contributed by atoms with E-state index >= 15 is 0 Å². The van der Waals surface area contributed by atoms with Gasteiger partial charge in [-0.15, -0.1) is 0 Å². The average Bonchev–Trinajstić information content (AvgIpc) is 2.75.